The van der Waals surface area contributed by atoms with E-state index in [9.17, 15) is 15.0 Å². The summed E-state index contributed by atoms with van der Waals surface area (Å²) in [6, 6.07) is 0. The Hall–Kier alpha value is -0.870. The molecule has 4 nitrogen and oxygen atoms in total. The van der Waals surface area contributed by atoms with E-state index in [0.717, 1.165) is 63.4 Å². The van der Waals surface area contributed by atoms with E-state index in [1.54, 1.807) is 0 Å². The van der Waals surface area contributed by atoms with Crippen LogP contribution >= 0.6 is 0 Å². The summed E-state index contributed by atoms with van der Waals surface area (Å²) < 4.78 is 5.20. The minimum absolute atomic E-state index is 0.132. The third kappa shape index (κ3) is 2.26. The highest BCUT2D eigenvalue weighted by molar-refractivity contribution is 5.91. The molecule has 0 spiro atoms. The first kappa shape index (κ1) is 18.2. The van der Waals surface area contributed by atoms with Crippen molar-refractivity contribution in [2.24, 2.45) is 34.5 Å². The van der Waals surface area contributed by atoms with Crippen molar-refractivity contribution in [1.29, 1.82) is 0 Å². The first-order valence-electron chi connectivity index (χ1n) is 11.1. The van der Waals surface area contributed by atoms with Crippen LogP contribution in [0, 0.1) is 34.5 Å². The van der Waals surface area contributed by atoms with Crippen LogP contribution < -0.4 is 0 Å². The summed E-state index contributed by atoms with van der Waals surface area (Å²) in [5.41, 5.74) is 0.185. The third-order valence-corrected chi connectivity index (χ3v) is 9.95. The van der Waals surface area contributed by atoms with Crippen LogP contribution in [0.3, 0.4) is 0 Å². The molecule has 5 aliphatic rings. The second-order valence-electron chi connectivity index (χ2n) is 10.7. The lowest BCUT2D eigenvalue weighted by Gasteiger charge is -2.63. The van der Waals surface area contributed by atoms with E-state index in [0.29, 0.717) is 24.4 Å². The lowest BCUT2D eigenvalue weighted by atomic mass is 9.43. The van der Waals surface area contributed by atoms with Crippen LogP contribution in [0.4, 0.5) is 0 Å². The van der Waals surface area contributed by atoms with Gasteiger partial charge in [-0.1, -0.05) is 13.8 Å². The van der Waals surface area contributed by atoms with Gasteiger partial charge >= 0.3 is 5.97 Å². The van der Waals surface area contributed by atoms with Crippen molar-refractivity contribution >= 4 is 5.97 Å². The highest BCUT2D eigenvalue weighted by Gasteiger charge is 2.68. The van der Waals surface area contributed by atoms with Crippen LogP contribution in [0.2, 0.25) is 0 Å². The maximum absolute atomic E-state index is 12.2. The second kappa shape index (κ2) is 5.82. The molecule has 4 saturated carbocycles. The number of hydrogen-bond acceptors (Lipinski definition) is 4. The topological polar surface area (TPSA) is 66.8 Å². The van der Waals surface area contributed by atoms with Gasteiger partial charge in [-0.05, 0) is 93.0 Å². The fourth-order valence-electron chi connectivity index (χ4n) is 8.36. The molecular weight excluding hydrogens is 340 g/mol. The number of esters is 1. The molecule has 0 saturated heterocycles. The highest BCUT2D eigenvalue weighted by atomic mass is 16.5. The van der Waals surface area contributed by atoms with Crippen LogP contribution in [-0.4, -0.2) is 34.5 Å². The van der Waals surface area contributed by atoms with E-state index in [2.05, 4.69) is 13.8 Å². The van der Waals surface area contributed by atoms with Crippen molar-refractivity contribution in [3.63, 3.8) is 0 Å². The molecule has 150 valence electrons. The summed E-state index contributed by atoms with van der Waals surface area (Å²) in [5.74, 6) is 1.45. The molecule has 1 heterocycles. The smallest absolute Gasteiger partial charge is 0.334 e. The second-order valence-corrected chi connectivity index (χ2v) is 10.7. The molecular formula is C23H34O4. The van der Waals surface area contributed by atoms with Crippen LogP contribution in [0.5, 0.6) is 0 Å². The maximum Gasteiger partial charge on any atom is 0.334 e. The monoisotopic (exact) mass is 374 g/mol. The van der Waals surface area contributed by atoms with Crippen LogP contribution in [0.25, 0.3) is 0 Å². The quantitative estimate of drug-likeness (QED) is 0.688. The van der Waals surface area contributed by atoms with Gasteiger partial charge in [0.25, 0.3) is 0 Å². The summed E-state index contributed by atoms with van der Waals surface area (Å²) in [6.07, 6.45) is 10.8. The lowest BCUT2D eigenvalue weighted by molar-refractivity contribution is -0.208. The van der Waals surface area contributed by atoms with Gasteiger partial charge in [0.05, 0.1) is 11.7 Å². The number of carbonyl (C=O) groups is 1. The Balaban J connectivity index is 1.48. The Bertz CT molecular complexity index is 686. The Morgan fingerprint density at radius 3 is 2.59 bits per heavy atom. The number of aliphatic hydroxyl groups excluding tert-OH is 1. The molecule has 4 heteroatoms. The number of rotatable bonds is 1. The van der Waals surface area contributed by atoms with Crippen LogP contribution in [0.1, 0.15) is 71.6 Å². The number of carbonyl (C=O) groups excluding carboxylic acids is 1. The van der Waals surface area contributed by atoms with E-state index in [1.165, 1.54) is 0 Å². The number of ether oxygens (including phenoxy) is 1. The first-order valence-corrected chi connectivity index (χ1v) is 11.1. The maximum atomic E-state index is 12.2. The molecule has 1 aliphatic heterocycles. The molecule has 0 aromatic carbocycles. The molecule has 2 N–H and O–H groups in total. The molecule has 5 rings (SSSR count). The predicted octanol–water partition coefficient (Wildman–Crippen LogP) is 3.60. The zero-order chi connectivity index (χ0) is 19.0. The van der Waals surface area contributed by atoms with Gasteiger partial charge in [-0.3, -0.25) is 0 Å². The van der Waals surface area contributed by atoms with Gasteiger partial charge in [0.15, 0.2) is 0 Å². The van der Waals surface area contributed by atoms with Gasteiger partial charge in [0.2, 0.25) is 0 Å². The molecule has 8 atom stereocenters. The normalized spacial score (nSPS) is 54.6. The molecule has 4 fully saturated rings. The van der Waals surface area contributed by atoms with Crippen molar-refractivity contribution in [2.45, 2.75) is 83.3 Å². The predicted molar refractivity (Wildman–Crippen MR) is 102 cm³/mol. The summed E-state index contributed by atoms with van der Waals surface area (Å²) in [6.45, 7) is 5.08. The zero-order valence-electron chi connectivity index (χ0n) is 16.7. The Morgan fingerprint density at radius 1 is 1.04 bits per heavy atom. The van der Waals surface area contributed by atoms with Gasteiger partial charge in [-0.2, -0.15) is 0 Å². The average Bonchev–Trinajstić information content (AvgIpc) is 3.16. The number of hydrogen-bond donors (Lipinski definition) is 2. The van der Waals surface area contributed by atoms with Crippen LogP contribution in [-0.2, 0) is 9.53 Å². The van der Waals surface area contributed by atoms with E-state index in [-0.39, 0.29) is 28.8 Å². The van der Waals surface area contributed by atoms with E-state index < -0.39 is 5.60 Å². The average molecular weight is 375 g/mol. The summed E-state index contributed by atoms with van der Waals surface area (Å²) >= 11 is 0. The zero-order valence-corrected chi connectivity index (χ0v) is 16.7. The van der Waals surface area contributed by atoms with Gasteiger partial charge in [-0.15, -0.1) is 0 Å². The Kier molecular flexibility index (Phi) is 3.92. The minimum Gasteiger partial charge on any atom is -0.458 e. The first-order chi connectivity index (χ1) is 12.8. The van der Waals surface area contributed by atoms with Gasteiger partial charge in [0, 0.05) is 11.0 Å². The number of cyclic esters (lactones) is 1. The Morgan fingerprint density at radius 2 is 1.85 bits per heavy atom. The largest absolute Gasteiger partial charge is 0.458 e. The minimum atomic E-state index is -0.672. The van der Waals surface area contributed by atoms with Gasteiger partial charge < -0.3 is 14.9 Å². The molecule has 4 aliphatic carbocycles. The highest BCUT2D eigenvalue weighted by Crippen LogP contribution is 2.69. The van der Waals surface area contributed by atoms with E-state index >= 15 is 0 Å². The lowest BCUT2D eigenvalue weighted by Crippen LogP contribution is -2.62. The third-order valence-electron chi connectivity index (χ3n) is 9.95. The fourth-order valence-corrected chi connectivity index (χ4v) is 8.36. The molecule has 0 radical (unpaired) electrons. The Labute approximate surface area is 162 Å². The molecule has 0 bridgehead atoms. The fraction of sp³-hybridized carbons (Fsp3) is 0.870. The SMILES string of the molecule is CC12CCC(O)CC1CCC1C2CCC2(C)C(C3=CCOC3=O)CCC12O. The standard InChI is InChI=1S/C23H34O4/c1-21-9-5-15(24)13-14(21)3-4-19-18(21)6-10-22(2)17(7-11-23(19,22)26)16-8-12-27-20(16)25/h8,14-15,17-19,24,26H,3-7,9-13H2,1-2H3. The van der Waals surface area contributed by atoms with Crippen molar-refractivity contribution in [3.05, 3.63) is 11.6 Å². The summed E-state index contributed by atoms with van der Waals surface area (Å²) in [5, 5.41) is 22.3. The van der Waals surface area contributed by atoms with E-state index in [1.807, 2.05) is 6.08 Å². The van der Waals surface area contributed by atoms with Crippen molar-refractivity contribution in [3.8, 4) is 0 Å². The molecule has 27 heavy (non-hydrogen) atoms. The van der Waals surface area contributed by atoms with Crippen LogP contribution in [0.15, 0.2) is 11.6 Å². The molecule has 0 aromatic heterocycles. The number of fused-ring (bicyclic) bond motifs is 5. The van der Waals surface area contributed by atoms with Crippen molar-refractivity contribution < 1.29 is 19.7 Å². The molecule has 0 aromatic rings. The summed E-state index contributed by atoms with van der Waals surface area (Å²) in [4.78, 5) is 12.2. The van der Waals surface area contributed by atoms with E-state index in [4.69, 9.17) is 4.74 Å². The number of aliphatic hydroxyl groups is 2. The van der Waals surface area contributed by atoms with Crippen molar-refractivity contribution in [1.82, 2.24) is 0 Å². The van der Waals surface area contributed by atoms with Gasteiger partial charge in [0.1, 0.15) is 6.61 Å². The molecule has 0 amide bonds. The summed E-state index contributed by atoms with van der Waals surface area (Å²) in [7, 11) is 0. The van der Waals surface area contributed by atoms with Gasteiger partial charge in [-0.25, -0.2) is 4.79 Å². The molecule has 8 unspecified atom stereocenters. The van der Waals surface area contributed by atoms with Crippen molar-refractivity contribution in [2.75, 3.05) is 6.61 Å².